The van der Waals surface area contributed by atoms with E-state index in [2.05, 4.69) is 0 Å². The average Bonchev–Trinajstić information content (AvgIpc) is 2.66. The molecule has 0 aliphatic heterocycles. The molecule has 0 saturated heterocycles. The Morgan fingerprint density at radius 1 is 1.31 bits per heavy atom. The molecule has 84 valence electrons. The lowest BCUT2D eigenvalue weighted by Gasteiger charge is -1.95. The van der Waals surface area contributed by atoms with Crippen molar-refractivity contribution >= 4 is 17.1 Å². The van der Waals surface area contributed by atoms with E-state index in [9.17, 15) is 4.79 Å². The monoisotopic (exact) mass is 297 g/mol. The van der Waals surface area contributed by atoms with Gasteiger partial charge in [0.05, 0.1) is 4.88 Å². The summed E-state index contributed by atoms with van der Waals surface area (Å²) in [5.74, 6) is 0.179. The van der Waals surface area contributed by atoms with E-state index < -0.39 is 0 Å². The first kappa shape index (κ1) is 13.1. The van der Waals surface area contributed by atoms with Crippen LogP contribution in [0, 0.1) is 6.92 Å². The van der Waals surface area contributed by atoms with Gasteiger partial charge in [-0.15, -0.1) is 11.3 Å². The van der Waals surface area contributed by atoms with Crippen LogP contribution < -0.4 is 21.5 Å². The topological polar surface area (TPSA) is 20.9 Å². The summed E-state index contributed by atoms with van der Waals surface area (Å²) in [5, 5.41) is 1.96. The zero-order chi connectivity index (χ0) is 10.7. The van der Waals surface area contributed by atoms with Crippen LogP contribution in [-0.2, 0) is 6.54 Å². The molecule has 0 atom stereocenters. The number of carbonyl (C=O) groups is 1. The van der Waals surface area contributed by atoms with Gasteiger partial charge in [-0.2, -0.15) is 4.57 Å². The minimum Gasteiger partial charge on any atom is -1.00 e. The molecular formula is C12H12BrNOS. The number of rotatable bonds is 3. The Kier molecular flexibility index (Phi) is 4.83. The molecule has 0 radical (unpaired) electrons. The van der Waals surface area contributed by atoms with Crippen molar-refractivity contribution in [3.63, 3.8) is 0 Å². The van der Waals surface area contributed by atoms with Gasteiger partial charge in [-0.25, -0.2) is 0 Å². The van der Waals surface area contributed by atoms with Crippen molar-refractivity contribution in [2.45, 2.75) is 13.5 Å². The Labute approximate surface area is 109 Å². The highest BCUT2D eigenvalue weighted by Crippen LogP contribution is 2.15. The molecule has 2 aromatic rings. The third-order valence-corrected chi connectivity index (χ3v) is 3.28. The van der Waals surface area contributed by atoms with Gasteiger partial charge in [-0.3, -0.25) is 4.79 Å². The molecule has 2 heterocycles. The van der Waals surface area contributed by atoms with E-state index in [1.54, 1.807) is 0 Å². The standard InChI is InChI=1S/C12H12NOS.BrH/c1-10-5-8-15-12(10)11(14)9-13-6-3-2-4-7-13;/h2-8H,9H2,1H3;1H/q+1;/p-1. The summed E-state index contributed by atoms with van der Waals surface area (Å²) in [6.45, 7) is 2.39. The minimum atomic E-state index is 0. The Hall–Kier alpha value is -1.00. The highest BCUT2D eigenvalue weighted by molar-refractivity contribution is 7.12. The first-order chi connectivity index (χ1) is 7.27. The maximum Gasteiger partial charge on any atom is 0.237 e. The van der Waals surface area contributed by atoms with Crippen molar-refractivity contribution in [1.29, 1.82) is 0 Å². The zero-order valence-electron chi connectivity index (χ0n) is 8.89. The van der Waals surface area contributed by atoms with E-state index in [4.69, 9.17) is 0 Å². The first-order valence-corrected chi connectivity index (χ1v) is 5.67. The smallest absolute Gasteiger partial charge is 0.237 e. The molecule has 16 heavy (non-hydrogen) atoms. The molecule has 0 aliphatic carbocycles. The molecule has 0 amide bonds. The summed E-state index contributed by atoms with van der Waals surface area (Å²) in [6.07, 6.45) is 3.81. The van der Waals surface area contributed by atoms with Gasteiger partial charge in [-0.05, 0) is 23.9 Å². The van der Waals surface area contributed by atoms with Crippen molar-refractivity contribution in [2.75, 3.05) is 0 Å². The molecule has 2 aromatic heterocycles. The number of halogens is 1. The van der Waals surface area contributed by atoms with Gasteiger partial charge in [0.1, 0.15) is 0 Å². The number of carbonyl (C=O) groups excluding carboxylic acids is 1. The molecular weight excluding hydrogens is 286 g/mol. The van der Waals surface area contributed by atoms with Crippen molar-refractivity contribution in [3.8, 4) is 0 Å². The second-order valence-corrected chi connectivity index (χ2v) is 4.32. The molecule has 0 N–H and O–H groups in total. The number of hydrogen-bond donors (Lipinski definition) is 0. The van der Waals surface area contributed by atoms with Crippen molar-refractivity contribution < 1.29 is 26.3 Å². The van der Waals surface area contributed by atoms with Crippen LogP contribution in [0.1, 0.15) is 15.2 Å². The fourth-order valence-electron chi connectivity index (χ4n) is 1.44. The summed E-state index contributed by atoms with van der Waals surface area (Å²) in [7, 11) is 0. The Bertz CT molecular complexity index is 467. The number of ketones is 1. The van der Waals surface area contributed by atoms with Crippen LogP contribution in [0.3, 0.4) is 0 Å². The van der Waals surface area contributed by atoms with Crippen LogP contribution in [0.15, 0.2) is 42.0 Å². The fourth-order valence-corrected chi connectivity index (χ4v) is 2.29. The largest absolute Gasteiger partial charge is 1.00 e. The van der Waals surface area contributed by atoms with Crippen LogP contribution >= 0.6 is 11.3 Å². The normalized spacial score (nSPS) is 9.56. The summed E-state index contributed by atoms with van der Waals surface area (Å²) in [5.41, 5.74) is 1.07. The average molecular weight is 298 g/mol. The SMILES string of the molecule is Cc1ccsc1C(=O)C[n+]1ccccc1.[Br-]. The second-order valence-electron chi connectivity index (χ2n) is 3.40. The molecule has 2 nitrogen and oxygen atoms in total. The van der Waals surface area contributed by atoms with Gasteiger partial charge in [-0.1, -0.05) is 6.07 Å². The van der Waals surface area contributed by atoms with Gasteiger partial charge in [0, 0.05) is 12.1 Å². The van der Waals surface area contributed by atoms with Crippen molar-refractivity contribution in [3.05, 3.63) is 52.5 Å². The van der Waals surface area contributed by atoms with Gasteiger partial charge in [0.15, 0.2) is 12.4 Å². The van der Waals surface area contributed by atoms with Crippen LogP contribution in [0.2, 0.25) is 0 Å². The number of pyridine rings is 1. The Morgan fingerprint density at radius 3 is 2.56 bits per heavy atom. The quantitative estimate of drug-likeness (QED) is 0.538. The van der Waals surface area contributed by atoms with Gasteiger partial charge < -0.3 is 17.0 Å². The zero-order valence-corrected chi connectivity index (χ0v) is 11.3. The molecule has 2 rings (SSSR count). The van der Waals surface area contributed by atoms with E-state index in [-0.39, 0.29) is 22.8 Å². The highest BCUT2D eigenvalue weighted by Gasteiger charge is 2.14. The van der Waals surface area contributed by atoms with Gasteiger partial charge >= 0.3 is 0 Å². The van der Waals surface area contributed by atoms with Crippen LogP contribution in [0.5, 0.6) is 0 Å². The number of Topliss-reactive ketones (excluding diaryl/α,β-unsaturated/α-hetero) is 1. The van der Waals surface area contributed by atoms with Crippen LogP contribution in [-0.4, -0.2) is 5.78 Å². The van der Waals surface area contributed by atoms with Crippen molar-refractivity contribution in [1.82, 2.24) is 0 Å². The number of aryl methyl sites for hydroxylation is 1. The maximum atomic E-state index is 11.9. The third kappa shape index (κ3) is 3.00. The summed E-state index contributed by atoms with van der Waals surface area (Å²) in [4.78, 5) is 12.8. The van der Waals surface area contributed by atoms with Crippen LogP contribution in [0.4, 0.5) is 0 Å². The summed E-state index contributed by atoms with van der Waals surface area (Å²) >= 11 is 1.51. The summed E-state index contributed by atoms with van der Waals surface area (Å²) < 4.78 is 1.89. The molecule has 0 saturated carbocycles. The lowest BCUT2D eigenvalue weighted by Crippen LogP contribution is -3.00. The maximum absolute atomic E-state index is 11.9. The number of thiophene rings is 1. The lowest BCUT2D eigenvalue weighted by atomic mass is 10.2. The Balaban J connectivity index is 0.00000128. The van der Waals surface area contributed by atoms with Gasteiger partial charge in [0.25, 0.3) is 0 Å². The van der Waals surface area contributed by atoms with Gasteiger partial charge in [0.2, 0.25) is 12.3 Å². The predicted molar refractivity (Wildman–Crippen MR) is 60.0 cm³/mol. The molecule has 0 spiro atoms. The van der Waals surface area contributed by atoms with E-state index in [1.165, 1.54) is 11.3 Å². The van der Waals surface area contributed by atoms with Crippen molar-refractivity contribution in [2.24, 2.45) is 0 Å². The van der Waals surface area contributed by atoms with E-state index >= 15 is 0 Å². The second kappa shape index (κ2) is 5.92. The minimum absolute atomic E-state index is 0. The number of hydrogen-bond acceptors (Lipinski definition) is 2. The molecule has 0 unspecified atom stereocenters. The lowest BCUT2D eigenvalue weighted by molar-refractivity contribution is -0.683. The van der Waals surface area contributed by atoms with E-state index in [0.29, 0.717) is 6.54 Å². The molecule has 0 aromatic carbocycles. The molecule has 0 aliphatic rings. The van der Waals surface area contributed by atoms with Crippen LogP contribution in [0.25, 0.3) is 0 Å². The fraction of sp³-hybridized carbons (Fsp3) is 0.167. The molecule has 0 bridgehead atoms. The summed E-state index contributed by atoms with van der Waals surface area (Å²) in [6, 6.07) is 7.77. The number of nitrogens with zero attached hydrogens (tertiary/aromatic N) is 1. The predicted octanol–water partition coefficient (Wildman–Crippen LogP) is -0.769. The molecule has 0 fully saturated rings. The first-order valence-electron chi connectivity index (χ1n) is 4.79. The highest BCUT2D eigenvalue weighted by atomic mass is 79.9. The third-order valence-electron chi connectivity index (χ3n) is 2.22. The van der Waals surface area contributed by atoms with E-state index in [0.717, 1.165) is 10.4 Å². The van der Waals surface area contributed by atoms with E-state index in [1.807, 2.05) is 53.5 Å². The Morgan fingerprint density at radius 2 is 2.00 bits per heavy atom. The molecule has 4 heteroatoms. The number of aromatic nitrogens is 1.